The van der Waals surface area contributed by atoms with Crippen LogP contribution in [0.1, 0.15) is 28.7 Å². The minimum absolute atomic E-state index is 0.0225. The number of hydrogen-bond acceptors (Lipinski definition) is 4. The molecule has 2 atom stereocenters. The van der Waals surface area contributed by atoms with Crippen molar-refractivity contribution in [2.45, 2.75) is 32.5 Å². The zero-order chi connectivity index (χ0) is 16.9. The van der Waals surface area contributed by atoms with Gasteiger partial charge in [-0.1, -0.05) is 30.3 Å². The van der Waals surface area contributed by atoms with Crippen LogP contribution in [0.3, 0.4) is 0 Å². The number of rotatable bonds is 5. The highest BCUT2D eigenvalue weighted by Crippen LogP contribution is 2.13. The molecule has 1 aromatic carbocycles. The molecule has 0 aliphatic carbocycles. The summed E-state index contributed by atoms with van der Waals surface area (Å²) in [6.45, 7) is 7.11. The third kappa shape index (κ3) is 4.01. The fourth-order valence-electron chi connectivity index (χ4n) is 2.98. The van der Waals surface area contributed by atoms with Crippen molar-refractivity contribution >= 4 is 5.91 Å². The normalized spacial score (nSPS) is 19.8. The van der Waals surface area contributed by atoms with Gasteiger partial charge in [0.2, 0.25) is 0 Å². The van der Waals surface area contributed by atoms with Crippen molar-refractivity contribution < 1.29 is 9.53 Å². The Labute approximate surface area is 142 Å². The summed E-state index contributed by atoms with van der Waals surface area (Å²) in [7, 11) is 0. The highest BCUT2D eigenvalue weighted by Gasteiger charge is 2.27. The number of aromatic nitrogens is 2. The van der Waals surface area contributed by atoms with E-state index in [0.717, 1.165) is 25.3 Å². The molecule has 0 saturated carbocycles. The lowest BCUT2D eigenvalue weighted by Crippen LogP contribution is -2.52. The van der Waals surface area contributed by atoms with Gasteiger partial charge in [-0.3, -0.25) is 9.69 Å². The average Bonchev–Trinajstić information content (AvgIpc) is 3.02. The maximum absolute atomic E-state index is 12.3. The zero-order valence-corrected chi connectivity index (χ0v) is 14.2. The molecule has 6 nitrogen and oxygen atoms in total. The SMILES string of the molecule is Cc1[nH]cnc1C(=O)NC(C)C1CN(Cc2ccccc2)CCO1. The first kappa shape index (κ1) is 16.7. The fourth-order valence-corrected chi connectivity index (χ4v) is 2.98. The molecule has 1 saturated heterocycles. The summed E-state index contributed by atoms with van der Waals surface area (Å²) in [4.78, 5) is 21.6. The first-order valence-corrected chi connectivity index (χ1v) is 8.32. The van der Waals surface area contributed by atoms with Gasteiger partial charge in [0.15, 0.2) is 0 Å². The van der Waals surface area contributed by atoms with Gasteiger partial charge in [0.05, 0.1) is 25.1 Å². The molecule has 1 aliphatic heterocycles. The number of H-pyrrole nitrogens is 1. The summed E-state index contributed by atoms with van der Waals surface area (Å²) < 4.78 is 5.87. The van der Waals surface area contributed by atoms with E-state index in [1.54, 1.807) is 0 Å². The van der Waals surface area contributed by atoms with E-state index < -0.39 is 0 Å². The molecule has 2 N–H and O–H groups in total. The molecule has 1 aliphatic rings. The molecule has 0 radical (unpaired) electrons. The number of carbonyl (C=O) groups is 1. The Bertz CT molecular complexity index is 671. The predicted molar refractivity (Wildman–Crippen MR) is 91.7 cm³/mol. The standard InChI is InChI=1S/C18H24N4O2/c1-13(21-18(23)17-14(2)19-12-20-17)16-11-22(8-9-24-16)10-15-6-4-3-5-7-15/h3-7,12-13,16H,8-11H2,1-2H3,(H,19,20)(H,21,23). The van der Waals surface area contributed by atoms with E-state index in [4.69, 9.17) is 4.74 Å². The van der Waals surface area contributed by atoms with Crippen LogP contribution in [-0.2, 0) is 11.3 Å². The molecule has 6 heteroatoms. The largest absolute Gasteiger partial charge is 0.373 e. The summed E-state index contributed by atoms with van der Waals surface area (Å²) in [5, 5.41) is 3.00. The van der Waals surface area contributed by atoms with Crippen LogP contribution in [0.2, 0.25) is 0 Å². The third-order valence-corrected chi connectivity index (χ3v) is 4.39. The molecule has 1 fully saturated rings. The van der Waals surface area contributed by atoms with Crippen LogP contribution in [0.4, 0.5) is 0 Å². The van der Waals surface area contributed by atoms with Crippen molar-refractivity contribution in [2.75, 3.05) is 19.7 Å². The first-order chi connectivity index (χ1) is 11.6. The van der Waals surface area contributed by atoms with Gasteiger partial charge in [-0.05, 0) is 19.4 Å². The van der Waals surface area contributed by atoms with Crippen molar-refractivity contribution in [3.8, 4) is 0 Å². The van der Waals surface area contributed by atoms with E-state index in [-0.39, 0.29) is 18.1 Å². The van der Waals surface area contributed by atoms with Crippen LogP contribution in [0, 0.1) is 6.92 Å². The van der Waals surface area contributed by atoms with Gasteiger partial charge < -0.3 is 15.0 Å². The number of aromatic amines is 1. The van der Waals surface area contributed by atoms with E-state index in [1.807, 2.05) is 19.9 Å². The summed E-state index contributed by atoms with van der Waals surface area (Å²) >= 11 is 0. The first-order valence-electron chi connectivity index (χ1n) is 8.32. The Balaban J connectivity index is 1.56. The number of nitrogens with one attached hydrogen (secondary N) is 2. The van der Waals surface area contributed by atoms with Gasteiger partial charge in [0, 0.05) is 25.3 Å². The molecule has 2 heterocycles. The molecule has 0 bridgehead atoms. The molecule has 128 valence electrons. The second-order valence-electron chi connectivity index (χ2n) is 6.27. The topological polar surface area (TPSA) is 70.2 Å². The van der Waals surface area contributed by atoms with E-state index in [1.165, 1.54) is 11.9 Å². The number of amides is 1. The van der Waals surface area contributed by atoms with Gasteiger partial charge in [-0.2, -0.15) is 0 Å². The van der Waals surface area contributed by atoms with Crippen LogP contribution < -0.4 is 5.32 Å². The second-order valence-corrected chi connectivity index (χ2v) is 6.27. The minimum Gasteiger partial charge on any atom is -0.373 e. The zero-order valence-electron chi connectivity index (χ0n) is 14.2. The number of benzene rings is 1. The summed E-state index contributed by atoms with van der Waals surface area (Å²) in [6.07, 6.45) is 1.51. The number of nitrogens with zero attached hydrogens (tertiary/aromatic N) is 2. The lowest BCUT2D eigenvalue weighted by molar-refractivity contribution is -0.0449. The lowest BCUT2D eigenvalue weighted by atomic mass is 10.1. The molecule has 2 unspecified atom stereocenters. The monoisotopic (exact) mass is 328 g/mol. The van der Waals surface area contributed by atoms with Gasteiger partial charge in [-0.15, -0.1) is 0 Å². The van der Waals surface area contributed by atoms with Crippen LogP contribution >= 0.6 is 0 Å². The number of hydrogen-bond donors (Lipinski definition) is 2. The van der Waals surface area contributed by atoms with Crippen molar-refractivity contribution in [1.82, 2.24) is 20.2 Å². The smallest absolute Gasteiger partial charge is 0.272 e. The molecule has 3 rings (SSSR count). The molecular formula is C18H24N4O2. The van der Waals surface area contributed by atoms with Crippen LogP contribution in [-0.4, -0.2) is 52.6 Å². The molecule has 1 amide bonds. The third-order valence-electron chi connectivity index (χ3n) is 4.39. The highest BCUT2D eigenvalue weighted by molar-refractivity contribution is 5.93. The van der Waals surface area contributed by atoms with Crippen LogP contribution in [0.15, 0.2) is 36.7 Å². The Hall–Kier alpha value is -2.18. The summed E-state index contributed by atoms with van der Waals surface area (Å²) in [6, 6.07) is 10.3. The quantitative estimate of drug-likeness (QED) is 0.877. The van der Waals surface area contributed by atoms with Crippen molar-refractivity contribution in [3.63, 3.8) is 0 Å². The van der Waals surface area contributed by atoms with E-state index >= 15 is 0 Å². The summed E-state index contributed by atoms with van der Waals surface area (Å²) in [5.41, 5.74) is 2.51. The Morgan fingerprint density at radius 2 is 2.25 bits per heavy atom. The molecule has 24 heavy (non-hydrogen) atoms. The Morgan fingerprint density at radius 3 is 2.96 bits per heavy atom. The van der Waals surface area contributed by atoms with E-state index in [9.17, 15) is 4.79 Å². The van der Waals surface area contributed by atoms with Gasteiger partial charge >= 0.3 is 0 Å². The van der Waals surface area contributed by atoms with Crippen LogP contribution in [0.25, 0.3) is 0 Å². The number of imidazole rings is 1. The lowest BCUT2D eigenvalue weighted by Gasteiger charge is -2.36. The van der Waals surface area contributed by atoms with Crippen molar-refractivity contribution in [2.24, 2.45) is 0 Å². The van der Waals surface area contributed by atoms with Gasteiger partial charge in [0.1, 0.15) is 5.69 Å². The van der Waals surface area contributed by atoms with E-state index in [0.29, 0.717) is 12.3 Å². The molecular weight excluding hydrogens is 304 g/mol. The summed E-state index contributed by atoms with van der Waals surface area (Å²) in [5.74, 6) is -0.162. The van der Waals surface area contributed by atoms with Crippen LogP contribution in [0.5, 0.6) is 0 Å². The second kappa shape index (κ2) is 7.59. The van der Waals surface area contributed by atoms with Crippen molar-refractivity contribution in [1.29, 1.82) is 0 Å². The predicted octanol–water partition coefficient (Wildman–Crippen LogP) is 1.74. The maximum Gasteiger partial charge on any atom is 0.272 e. The molecule has 2 aromatic rings. The number of ether oxygens (including phenoxy) is 1. The van der Waals surface area contributed by atoms with E-state index in [2.05, 4.69) is 44.5 Å². The Kier molecular flexibility index (Phi) is 5.27. The minimum atomic E-state index is -0.162. The molecule has 0 spiro atoms. The molecule has 1 aromatic heterocycles. The highest BCUT2D eigenvalue weighted by atomic mass is 16.5. The maximum atomic E-state index is 12.3. The number of aryl methyl sites for hydroxylation is 1. The fraction of sp³-hybridized carbons (Fsp3) is 0.444. The van der Waals surface area contributed by atoms with Gasteiger partial charge in [-0.25, -0.2) is 4.98 Å². The van der Waals surface area contributed by atoms with Crippen molar-refractivity contribution in [3.05, 3.63) is 53.6 Å². The number of carbonyl (C=O) groups excluding carboxylic acids is 1. The Morgan fingerprint density at radius 1 is 1.46 bits per heavy atom. The number of morpholine rings is 1. The average molecular weight is 328 g/mol. The van der Waals surface area contributed by atoms with Gasteiger partial charge in [0.25, 0.3) is 5.91 Å².